The average molecular weight is 320 g/mol. The fraction of sp³-hybridized carbons (Fsp3) is 0.0588. The molecule has 0 aliphatic rings. The van der Waals surface area contributed by atoms with Crippen molar-refractivity contribution in [3.05, 3.63) is 66.5 Å². The summed E-state index contributed by atoms with van der Waals surface area (Å²) >= 11 is 0. The molecule has 6 nitrogen and oxygen atoms in total. The molecule has 7 heteroatoms. The molecule has 0 aliphatic carbocycles. The van der Waals surface area contributed by atoms with Gasteiger partial charge in [-0.2, -0.15) is 4.39 Å². The third-order valence-corrected chi connectivity index (χ3v) is 3.49. The van der Waals surface area contributed by atoms with Crippen LogP contribution in [0.4, 0.5) is 15.9 Å². The maximum atomic E-state index is 13.4. The molecular formula is C17H13FN6. The lowest BCUT2D eigenvalue weighted by atomic mass is 10.3. The predicted molar refractivity (Wildman–Crippen MR) is 88.4 cm³/mol. The van der Waals surface area contributed by atoms with Gasteiger partial charge in [-0.15, -0.1) is 5.10 Å². The second-order valence-corrected chi connectivity index (χ2v) is 5.28. The van der Waals surface area contributed by atoms with Gasteiger partial charge in [-0.3, -0.25) is 4.98 Å². The van der Waals surface area contributed by atoms with Gasteiger partial charge in [0.15, 0.2) is 5.82 Å². The van der Waals surface area contributed by atoms with E-state index in [0.717, 1.165) is 16.9 Å². The first kappa shape index (κ1) is 14.3. The molecule has 24 heavy (non-hydrogen) atoms. The van der Waals surface area contributed by atoms with E-state index in [1.54, 1.807) is 22.8 Å². The molecule has 0 atom stereocenters. The van der Waals surface area contributed by atoms with Crippen molar-refractivity contribution < 1.29 is 4.39 Å². The third kappa shape index (κ3) is 2.67. The monoisotopic (exact) mass is 320 g/mol. The number of anilines is 2. The molecule has 0 saturated heterocycles. The number of fused-ring (bicyclic) bond motifs is 1. The van der Waals surface area contributed by atoms with Gasteiger partial charge in [-0.1, -0.05) is 6.07 Å². The number of nitrogens with one attached hydrogen (secondary N) is 1. The Morgan fingerprint density at radius 1 is 1.08 bits per heavy atom. The second-order valence-electron chi connectivity index (χ2n) is 5.28. The minimum absolute atomic E-state index is 0.339. The maximum Gasteiger partial charge on any atom is 0.213 e. The lowest BCUT2D eigenvalue weighted by Crippen LogP contribution is -2.04. The van der Waals surface area contributed by atoms with Gasteiger partial charge in [0.05, 0.1) is 0 Å². The van der Waals surface area contributed by atoms with Crippen molar-refractivity contribution in [3.8, 4) is 11.5 Å². The lowest BCUT2D eigenvalue weighted by Gasteiger charge is -2.10. The Bertz CT molecular complexity index is 1030. The van der Waals surface area contributed by atoms with E-state index in [-0.39, 0.29) is 0 Å². The summed E-state index contributed by atoms with van der Waals surface area (Å²) in [7, 11) is 0. The standard InChI is InChI=1S/C17H13FN6/c1-11-10-12(7-8-19-11)20-17-14-5-3-9-24(14)23-16(22-17)13-4-2-6-15(18)21-13/h2-10H,1H3,(H,19,20,22,23). The van der Waals surface area contributed by atoms with Crippen molar-refractivity contribution >= 4 is 17.0 Å². The summed E-state index contributed by atoms with van der Waals surface area (Å²) in [5.74, 6) is 0.385. The number of halogens is 1. The number of pyridine rings is 2. The van der Waals surface area contributed by atoms with Crippen LogP contribution in [-0.2, 0) is 0 Å². The Labute approximate surface area is 137 Å². The van der Waals surface area contributed by atoms with Crippen molar-refractivity contribution in [3.63, 3.8) is 0 Å². The summed E-state index contributed by atoms with van der Waals surface area (Å²) in [6, 6.07) is 12.1. The summed E-state index contributed by atoms with van der Waals surface area (Å²) in [5, 5.41) is 7.66. The normalized spacial score (nSPS) is 10.9. The van der Waals surface area contributed by atoms with Crippen molar-refractivity contribution in [1.29, 1.82) is 0 Å². The van der Waals surface area contributed by atoms with Gasteiger partial charge < -0.3 is 5.32 Å². The number of nitrogens with zero attached hydrogens (tertiary/aromatic N) is 5. The van der Waals surface area contributed by atoms with Crippen molar-refractivity contribution in [1.82, 2.24) is 24.6 Å². The highest BCUT2D eigenvalue weighted by Gasteiger charge is 2.11. The van der Waals surface area contributed by atoms with Crippen molar-refractivity contribution in [2.45, 2.75) is 6.92 Å². The van der Waals surface area contributed by atoms with Crippen LogP contribution in [0.2, 0.25) is 0 Å². The summed E-state index contributed by atoms with van der Waals surface area (Å²) in [5.41, 5.74) is 2.94. The first-order valence-electron chi connectivity index (χ1n) is 7.37. The Morgan fingerprint density at radius 3 is 2.83 bits per heavy atom. The van der Waals surface area contributed by atoms with Crippen LogP contribution in [0.15, 0.2) is 54.9 Å². The van der Waals surface area contributed by atoms with Crippen LogP contribution in [0, 0.1) is 12.9 Å². The molecule has 0 fully saturated rings. The van der Waals surface area contributed by atoms with Gasteiger partial charge in [0.25, 0.3) is 0 Å². The Morgan fingerprint density at radius 2 is 2.00 bits per heavy atom. The van der Waals surface area contributed by atoms with Crippen LogP contribution < -0.4 is 5.32 Å². The Hall–Kier alpha value is -3.35. The number of hydrogen-bond donors (Lipinski definition) is 1. The maximum absolute atomic E-state index is 13.4. The highest BCUT2D eigenvalue weighted by molar-refractivity contribution is 5.74. The predicted octanol–water partition coefficient (Wildman–Crippen LogP) is 3.38. The molecule has 0 aromatic carbocycles. The molecule has 1 N–H and O–H groups in total. The molecule has 4 aromatic rings. The van der Waals surface area contributed by atoms with E-state index in [4.69, 9.17) is 0 Å². The van der Waals surface area contributed by atoms with E-state index in [9.17, 15) is 4.39 Å². The number of rotatable bonds is 3. The molecule has 0 radical (unpaired) electrons. The van der Waals surface area contributed by atoms with E-state index in [0.29, 0.717) is 17.3 Å². The van der Waals surface area contributed by atoms with Crippen LogP contribution in [0.1, 0.15) is 5.69 Å². The van der Waals surface area contributed by atoms with E-state index >= 15 is 0 Å². The topological polar surface area (TPSA) is 68.0 Å². The third-order valence-electron chi connectivity index (χ3n) is 3.49. The zero-order valence-corrected chi connectivity index (χ0v) is 12.8. The molecule has 4 aromatic heterocycles. The molecule has 4 rings (SSSR count). The molecule has 4 heterocycles. The summed E-state index contributed by atoms with van der Waals surface area (Å²) < 4.78 is 15.1. The molecule has 0 aliphatic heterocycles. The SMILES string of the molecule is Cc1cc(Nc2nc(-c3cccc(F)n3)nn3cccc23)ccn1. The van der Waals surface area contributed by atoms with Crippen LogP contribution >= 0.6 is 0 Å². The van der Waals surface area contributed by atoms with E-state index in [2.05, 4.69) is 25.4 Å². The molecule has 0 spiro atoms. The smallest absolute Gasteiger partial charge is 0.213 e. The molecule has 0 unspecified atom stereocenters. The zero-order chi connectivity index (χ0) is 16.5. The van der Waals surface area contributed by atoms with Gasteiger partial charge in [0.2, 0.25) is 11.8 Å². The summed E-state index contributed by atoms with van der Waals surface area (Å²) in [4.78, 5) is 12.5. The van der Waals surface area contributed by atoms with Crippen molar-refractivity contribution in [2.24, 2.45) is 0 Å². The quantitative estimate of drug-likeness (QED) is 0.586. The zero-order valence-electron chi connectivity index (χ0n) is 12.8. The number of hydrogen-bond acceptors (Lipinski definition) is 5. The second kappa shape index (κ2) is 5.69. The fourth-order valence-electron chi connectivity index (χ4n) is 2.43. The first-order valence-corrected chi connectivity index (χ1v) is 7.37. The van der Waals surface area contributed by atoms with Crippen molar-refractivity contribution in [2.75, 3.05) is 5.32 Å². The Balaban J connectivity index is 1.83. The van der Waals surface area contributed by atoms with Gasteiger partial charge in [0.1, 0.15) is 11.2 Å². The first-order chi connectivity index (χ1) is 11.7. The minimum atomic E-state index is -0.567. The van der Waals surface area contributed by atoms with Gasteiger partial charge in [0, 0.05) is 23.8 Å². The molecule has 0 saturated carbocycles. The molecular weight excluding hydrogens is 307 g/mol. The van der Waals surface area contributed by atoms with E-state index < -0.39 is 5.95 Å². The molecule has 0 bridgehead atoms. The van der Waals surface area contributed by atoms with Crippen LogP contribution in [-0.4, -0.2) is 24.6 Å². The largest absolute Gasteiger partial charge is 0.338 e. The van der Waals surface area contributed by atoms with Crippen LogP contribution in [0.3, 0.4) is 0 Å². The van der Waals surface area contributed by atoms with Gasteiger partial charge in [-0.05, 0) is 43.3 Å². The molecule has 0 amide bonds. The summed E-state index contributed by atoms with van der Waals surface area (Å²) in [6.07, 6.45) is 3.53. The lowest BCUT2D eigenvalue weighted by molar-refractivity contribution is 0.584. The van der Waals surface area contributed by atoms with Crippen LogP contribution in [0.25, 0.3) is 17.0 Å². The highest BCUT2D eigenvalue weighted by Crippen LogP contribution is 2.23. The van der Waals surface area contributed by atoms with E-state index in [1.807, 2.05) is 37.4 Å². The van der Waals surface area contributed by atoms with Crippen LogP contribution in [0.5, 0.6) is 0 Å². The Kier molecular flexibility index (Phi) is 3.38. The fourth-order valence-corrected chi connectivity index (χ4v) is 2.43. The minimum Gasteiger partial charge on any atom is -0.338 e. The highest BCUT2D eigenvalue weighted by atomic mass is 19.1. The van der Waals surface area contributed by atoms with Gasteiger partial charge in [-0.25, -0.2) is 14.5 Å². The number of aryl methyl sites for hydroxylation is 1. The summed E-state index contributed by atoms with van der Waals surface area (Å²) in [6.45, 7) is 1.92. The van der Waals surface area contributed by atoms with E-state index in [1.165, 1.54) is 6.07 Å². The molecule has 118 valence electrons. The van der Waals surface area contributed by atoms with Gasteiger partial charge >= 0.3 is 0 Å². The average Bonchev–Trinajstić information content (AvgIpc) is 3.04. The number of aromatic nitrogens is 5.